The molecule has 0 aromatic carbocycles. The maximum Gasteiger partial charge on any atom is 0.0431 e. The van der Waals surface area contributed by atoms with Crippen molar-refractivity contribution in [3.05, 3.63) is 0 Å². The molecule has 0 spiro atoms. The van der Waals surface area contributed by atoms with Gasteiger partial charge < -0.3 is 10.6 Å². The fraction of sp³-hybridized carbons (Fsp3) is 1.00. The molecule has 0 fully saturated rings. The van der Waals surface area contributed by atoms with Crippen molar-refractivity contribution in [1.82, 2.24) is 0 Å². The van der Waals surface area contributed by atoms with Gasteiger partial charge in [-0.2, -0.15) is 0 Å². The average molecular weight is 120 g/mol. The lowest BCUT2D eigenvalue weighted by Crippen LogP contribution is -1.80. The summed E-state index contributed by atoms with van der Waals surface area (Å²) in [7, 11) is 0. The quantitative estimate of drug-likeness (QED) is 0.546. The first-order valence-corrected chi connectivity index (χ1v) is 3.02. The van der Waals surface area contributed by atoms with E-state index < -0.39 is 0 Å². The number of aliphatic hydroxyl groups is 1. The Balaban J connectivity index is 0. The molecule has 8 heavy (non-hydrogen) atoms. The molecule has 2 nitrogen and oxygen atoms in total. The van der Waals surface area contributed by atoms with E-state index in [4.69, 9.17) is 5.11 Å². The summed E-state index contributed by atoms with van der Waals surface area (Å²) in [4.78, 5) is 0. The van der Waals surface area contributed by atoms with E-state index in [1.54, 1.807) is 0 Å². The van der Waals surface area contributed by atoms with Gasteiger partial charge in [-0.15, -0.1) is 0 Å². The maximum atomic E-state index is 8.29. The van der Waals surface area contributed by atoms with E-state index in [1.165, 1.54) is 19.3 Å². The van der Waals surface area contributed by atoms with Crippen molar-refractivity contribution in [1.29, 1.82) is 0 Å². The largest absolute Gasteiger partial charge is 0.412 e. The third-order valence-corrected chi connectivity index (χ3v) is 1.01. The molecule has 0 amide bonds. The molecular weight excluding hydrogens is 104 g/mol. The maximum absolute atomic E-state index is 8.29. The predicted molar refractivity (Wildman–Crippen MR) is 34.8 cm³/mol. The van der Waals surface area contributed by atoms with E-state index in [9.17, 15) is 0 Å². The van der Waals surface area contributed by atoms with Crippen LogP contribution in [0, 0.1) is 0 Å². The molecule has 0 aliphatic rings. The van der Waals surface area contributed by atoms with Crippen molar-refractivity contribution in [2.24, 2.45) is 0 Å². The lowest BCUT2D eigenvalue weighted by Gasteiger charge is -1.90. The molecule has 0 aliphatic carbocycles. The highest BCUT2D eigenvalue weighted by Crippen LogP contribution is 1.95. The van der Waals surface area contributed by atoms with Crippen LogP contribution in [0.15, 0.2) is 0 Å². The molecule has 0 rings (SSSR count). The average Bonchev–Trinajstić information content (AvgIpc) is 1.69. The number of hydrogen-bond acceptors (Lipinski definition) is 1. The van der Waals surface area contributed by atoms with Crippen LogP contribution in [0.25, 0.3) is 0 Å². The summed E-state index contributed by atoms with van der Waals surface area (Å²) in [5.74, 6) is 0. The SMILES string of the molecule is CCCCCCO.O. The third-order valence-electron chi connectivity index (χ3n) is 1.01. The van der Waals surface area contributed by atoms with Gasteiger partial charge in [0.1, 0.15) is 0 Å². The molecule has 3 N–H and O–H groups in total. The van der Waals surface area contributed by atoms with Crippen molar-refractivity contribution in [2.45, 2.75) is 32.6 Å². The summed E-state index contributed by atoms with van der Waals surface area (Å²) in [6.07, 6.45) is 4.68. The lowest BCUT2D eigenvalue weighted by atomic mass is 10.2. The second kappa shape index (κ2) is 10.0. The highest BCUT2D eigenvalue weighted by Gasteiger charge is 1.80. The van der Waals surface area contributed by atoms with E-state index in [0.29, 0.717) is 6.61 Å². The van der Waals surface area contributed by atoms with E-state index >= 15 is 0 Å². The number of hydrogen-bond donors (Lipinski definition) is 1. The molecular formula is C6H16O2. The minimum atomic E-state index is 0. The Bertz CT molecular complexity index is 25.7. The Morgan fingerprint density at radius 1 is 1.12 bits per heavy atom. The summed E-state index contributed by atoms with van der Waals surface area (Å²) < 4.78 is 0. The first-order valence-electron chi connectivity index (χ1n) is 3.02. The van der Waals surface area contributed by atoms with Gasteiger partial charge in [0.15, 0.2) is 0 Å². The van der Waals surface area contributed by atoms with Crippen LogP contribution in [-0.4, -0.2) is 17.2 Å². The smallest absolute Gasteiger partial charge is 0.0431 e. The van der Waals surface area contributed by atoms with Gasteiger partial charge in [0.25, 0.3) is 0 Å². The molecule has 0 heterocycles. The van der Waals surface area contributed by atoms with Crippen LogP contribution in [0.4, 0.5) is 0 Å². The fourth-order valence-electron chi connectivity index (χ4n) is 0.539. The van der Waals surface area contributed by atoms with Gasteiger partial charge >= 0.3 is 0 Å². The van der Waals surface area contributed by atoms with E-state index in [1.807, 2.05) is 0 Å². The summed E-state index contributed by atoms with van der Waals surface area (Å²) in [5, 5.41) is 8.29. The Morgan fingerprint density at radius 2 is 1.75 bits per heavy atom. The molecule has 0 saturated carbocycles. The molecule has 0 aromatic heterocycles. The molecule has 0 atom stereocenters. The minimum absolute atomic E-state index is 0. The molecule has 2 heteroatoms. The zero-order chi connectivity index (χ0) is 5.54. The van der Waals surface area contributed by atoms with E-state index in [2.05, 4.69) is 6.92 Å². The topological polar surface area (TPSA) is 51.7 Å². The van der Waals surface area contributed by atoms with Gasteiger partial charge in [-0.05, 0) is 6.42 Å². The summed E-state index contributed by atoms with van der Waals surface area (Å²) in [5.41, 5.74) is 0. The Kier molecular flexibility index (Phi) is 13.6. The molecule has 0 unspecified atom stereocenters. The summed E-state index contributed by atoms with van der Waals surface area (Å²) in [6, 6.07) is 0. The van der Waals surface area contributed by atoms with Gasteiger partial charge in [0, 0.05) is 6.61 Å². The number of rotatable bonds is 4. The van der Waals surface area contributed by atoms with Crippen LogP contribution in [0.5, 0.6) is 0 Å². The highest BCUT2D eigenvalue weighted by atomic mass is 16.2. The Morgan fingerprint density at radius 3 is 2.12 bits per heavy atom. The summed E-state index contributed by atoms with van der Waals surface area (Å²) in [6.45, 7) is 2.53. The third kappa shape index (κ3) is 9.33. The van der Waals surface area contributed by atoms with Crippen molar-refractivity contribution in [3.63, 3.8) is 0 Å². The van der Waals surface area contributed by atoms with E-state index in [0.717, 1.165) is 6.42 Å². The zero-order valence-electron chi connectivity index (χ0n) is 5.48. The molecule has 0 aliphatic heterocycles. The zero-order valence-corrected chi connectivity index (χ0v) is 5.48. The van der Waals surface area contributed by atoms with Crippen molar-refractivity contribution >= 4 is 0 Å². The standard InChI is InChI=1S/C6H14O.H2O/c1-2-3-4-5-6-7;/h7H,2-6H2,1H3;1H2. The monoisotopic (exact) mass is 120 g/mol. The molecule has 0 saturated heterocycles. The van der Waals surface area contributed by atoms with Gasteiger partial charge in [-0.25, -0.2) is 0 Å². The van der Waals surface area contributed by atoms with Crippen LogP contribution >= 0.6 is 0 Å². The Labute approximate surface area is 50.8 Å². The van der Waals surface area contributed by atoms with Crippen LogP contribution in [0.1, 0.15) is 32.6 Å². The Hall–Kier alpha value is -0.0800. The van der Waals surface area contributed by atoms with Crippen LogP contribution in [0.2, 0.25) is 0 Å². The van der Waals surface area contributed by atoms with Crippen molar-refractivity contribution in [3.8, 4) is 0 Å². The first kappa shape index (κ1) is 10.8. The number of aliphatic hydroxyl groups excluding tert-OH is 1. The lowest BCUT2D eigenvalue weighted by molar-refractivity contribution is 0.283. The molecule has 0 bridgehead atoms. The first-order chi connectivity index (χ1) is 3.41. The van der Waals surface area contributed by atoms with Gasteiger partial charge in [0.05, 0.1) is 0 Å². The minimum Gasteiger partial charge on any atom is -0.412 e. The van der Waals surface area contributed by atoms with Gasteiger partial charge in [0.2, 0.25) is 0 Å². The van der Waals surface area contributed by atoms with Crippen LogP contribution in [-0.2, 0) is 0 Å². The highest BCUT2D eigenvalue weighted by molar-refractivity contribution is 4.35. The normalized spacial score (nSPS) is 8.25. The fourth-order valence-corrected chi connectivity index (χ4v) is 0.539. The second-order valence-electron chi connectivity index (χ2n) is 1.78. The van der Waals surface area contributed by atoms with Gasteiger partial charge in [-0.1, -0.05) is 26.2 Å². The molecule has 52 valence electrons. The van der Waals surface area contributed by atoms with E-state index in [-0.39, 0.29) is 5.48 Å². The van der Waals surface area contributed by atoms with Crippen LogP contribution < -0.4 is 0 Å². The molecule has 0 radical (unpaired) electrons. The second-order valence-corrected chi connectivity index (χ2v) is 1.78. The van der Waals surface area contributed by atoms with Crippen molar-refractivity contribution in [2.75, 3.05) is 6.61 Å². The van der Waals surface area contributed by atoms with Crippen LogP contribution in [0.3, 0.4) is 0 Å². The predicted octanol–water partition coefficient (Wildman–Crippen LogP) is 0.734. The molecule has 0 aromatic rings. The van der Waals surface area contributed by atoms with Gasteiger partial charge in [-0.3, -0.25) is 0 Å². The number of unbranched alkanes of at least 4 members (excludes halogenated alkanes) is 3. The van der Waals surface area contributed by atoms with Crippen molar-refractivity contribution < 1.29 is 10.6 Å². The summed E-state index contributed by atoms with van der Waals surface area (Å²) >= 11 is 0.